The van der Waals surface area contributed by atoms with E-state index in [0.29, 0.717) is 10.7 Å². The second-order valence-electron chi connectivity index (χ2n) is 7.32. The fraction of sp³-hybridized carbons (Fsp3) is 0.381. The van der Waals surface area contributed by atoms with Gasteiger partial charge in [-0.2, -0.15) is 0 Å². The van der Waals surface area contributed by atoms with Crippen molar-refractivity contribution in [1.29, 1.82) is 0 Å². The van der Waals surface area contributed by atoms with E-state index in [-0.39, 0.29) is 11.9 Å². The number of benzene rings is 2. The largest absolute Gasteiger partial charge is 0.347 e. The summed E-state index contributed by atoms with van der Waals surface area (Å²) in [5.74, 6) is -0.330. The van der Waals surface area contributed by atoms with E-state index in [1.807, 2.05) is 25.1 Å². The predicted molar refractivity (Wildman–Crippen MR) is 113 cm³/mol. The van der Waals surface area contributed by atoms with Gasteiger partial charge in [-0.3, -0.25) is 9.10 Å². The molecular formula is C21H25ClN2O3S. The predicted octanol–water partition coefficient (Wildman–Crippen LogP) is 4.00. The smallest absolute Gasteiger partial charge is 0.244 e. The van der Waals surface area contributed by atoms with Crippen molar-refractivity contribution in [1.82, 2.24) is 5.32 Å². The van der Waals surface area contributed by atoms with Gasteiger partial charge in [0.25, 0.3) is 0 Å². The van der Waals surface area contributed by atoms with E-state index in [9.17, 15) is 13.2 Å². The molecule has 0 spiro atoms. The number of rotatable bonds is 5. The molecule has 150 valence electrons. The van der Waals surface area contributed by atoms with Crippen LogP contribution in [0.4, 0.5) is 5.69 Å². The molecule has 0 aromatic heterocycles. The van der Waals surface area contributed by atoms with E-state index in [1.54, 1.807) is 25.1 Å². The third-order valence-electron chi connectivity index (χ3n) is 5.18. The van der Waals surface area contributed by atoms with E-state index < -0.39 is 16.1 Å². The lowest BCUT2D eigenvalue weighted by molar-refractivity contribution is -0.122. The summed E-state index contributed by atoms with van der Waals surface area (Å²) in [7, 11) is -3.68. The van der Waals surface area contributed by atoms with Crippen LogP contribution in [0.25, 0.3) is 0 Å². The Labute approximate surface area is 171 Å². The first-order chi connectivity index (χ1) is 13.2. The van der Waals surface area contributed by atoms with Crippen LogP contribution in [0.15, 0.2) is 42.5 Å². The zero-order chi connectivity index (χ0) is 20.5. The summed E-state index contributed by atoms with van der Waals surface area (Å²) in [6.07, 6.45) is 3.92. The number of nitrogens with zero attached hydrogens (tertiary/aromatic N) is 1. The van der Waals surface area contributed by atoms with Crippen molar-refractivity contribution in [2.45, 2.75) is 45.2 Å². The summed E-state index contributed by atoms with van der Waals surface area (Å²) < 4.78 is 26.1. The van der Waals surface area contributed by atoms with Crippen LogP contribution in [0, 0.1) is 6.92 Å². The first-order valence-electron chi connectivity index (χ1n) is 9.32. The molecule has 28 heavy (non-hydrogen) atoms. The molecule has 0 bridgehead atoms. The van der Waals surface area contributed by atoms with Gasteiger partial charge in [-0.25, -0.2) is 8.42 Å². The zero-order valence-corrected chi connectivity index (χ0v) is 17.8. The average Bonchev–Trinajstić information content (AvgIpc) is 2.64. The molecule has 0 saturated carbocycles. The third-order valence-corrected chi connectivity index (χ3v) is 6.83. The molecule has 1 amide bonds. The molecule has 3 rings (SSSR count). The molecule has 5 nitrogen and oxygen atoms in total. The highest BCUT2D eigenvalue weighted by atomic mass is 35.5. The molecule has 0 saturated heterocycles. The molecule has 0 unspecified atom stereocenters. The Balaban J connectivity index is 1.86. The number of hydrogen-bond donors (Lipinski definition) is 1. The molecule has 2 aromatic carbocycles. The van der Waals surface area contributed by atoms with Crippen molar-refractivity contribution in [3.05, 3.63) is 64.2 Å². The third kappa shape index (κ3) is 4.33. The summed E-state index contributed by atoms with van der Waals surface area (Å²) >= 11 is 6.18. The molecule has 0 aliphatic heterocycles. The maximum Gasteiger partial charge on any atom is 0.244 e. The molecule has 2 aromatic rings. The molecule has 1 aliphatic carbocycles. The van der Waals surface area contributed by atoms with Crippen LogP contribution >= 0.6 is 11.6 Å². The summed E-state index contributed by atoms with van der Waals surface area (Å²) in [4.78, 5) is 13.0. The Morgan fingerprint density at radius 2 is 1.96 bits per heavy atom. The number of carbonyl (C=O) groups excluding carboxylic acids is 1. The van der Waals surface area contributed by atoms with E-state index >= 15 is 0 Å². The number of anilines is 1. The highest BCUT2D eigenvalue weighted by Gasteiger charge is 2.31. The minimum absolute atomic E-state index is 0.108. The van der Waals surface area contributed by atoms with E-state index in [2.05, 4.69) is 11.4 Å². The summed E-state index contributed by atoms with van der Waals surface area (Å²) in [5, 5.41) is 3.50. The number of carbonyl (C=O) groups is 1. The maximum atomic E-state index is 13.0. The number of halogens is 1. The SMILES string of the molecule is Cc1ccc(N([C@@H](C)C(=O)N[C@@H]2CCCc3ccccc32)S(C)(=O)=O)cc1Cl. The molecule has 2 atom stereocenters. The minimum Gasteiger partial charge on any atom is -0.347 e. The van der Waals surface area contributed by atoms with Gasteiger partial charge in [0, 0.05) is 5.02 Å². The fourth-order valence-corrected chi connectivity index (χ4v) is 5.07. The van der Waals surface area contributed by atoms with Gasteiger partial charge in [0.15, 0.2) is 0 Å². The van der Waals surface area contributed by atoms with Crippen LogP contribution < -0.4 is 9.62 Å². The lowest BCUT2D eigenvalue weighted by atomic mass is 9.87. The van der Waals surface area contributed by atoms with E-state index in [0.717, 1.165) is 41.0 Å². The molecule has 0 heterocycles. The van der Waals surface area contributed by atoms with Crippen molar-refractivity contribution in [2.75, 3.05) is 10.6 Å². The number of aryl methyl sites for hydroxylation is 2. The number of nitrogens with one attached hydrogen (secondary N) is 1. The molecule has 0 radical (unpaired) electrons. The van der Waals surface area contributed by atoms with Gasteiger partial charge in [-0.15, -0.1) is 0 Å². The molecule has 7 heteroatoms. The Bertz CT molecular complexity index is 991. The number of amides is 1. The average molecular weight is 421 g/mol. The normalized spacial score (nSPS) is 17.5. The summed E-state index contributed by atoms with van der Waals surface area (Å²) in [5.41, 5.74) is 3.56. The van der Waals surface area contributed by atoms with Crippen LogP contribution in [0.3, 0.4) is 0 Å². The Morgan fingerprint density at radius 1 is 1.25 bits per heavy atom. The van der Waals surface area contributed by atoms with Crippen molar-refractivity contribution in [3.8, 4) is 0 Å². The molecule has 1 aliphatic rings. The van der Waals surface area contributed by atoms with Gasteiger partial charge in [0.1, 0.15) is 6.04 Å². The minimum atomic E-state index is -3.68. The zero-order valence-electron chi connectivity index (χ0n) is 16.3. The fourth-order valence-electron chi connectivity index (χ4n) is 3.72. The van der Waals surface area contributed by atoms with Gasteiger partial charge in [0.2, 0.25) is 15.9 Å². The quantitative estimate of drug-likeness (QED) is 0.795. The topological polar surface area (TPSA) is 66.5 Å². The van der Waals surface area contributed by atoms with Crippen LogP contribution in [-0.4, -0.2) is 26.6 Å². The lowest BCUT2D eigenvalue weighted by Gasteiger charge is -2.32. The second kappa shape index (κ2) is 8.13. The number of sulfonamides is 1. The number of hydrogen-bond acceptors (Lipinski definition) is 3. The first-order valence-corrected chi connectivity index (χ1v) is 11.5. The second-order valence-corrected chi connectivity index (χ2v) is 9.59. The van der Waals surface area contributed by atoms with Crippen LogP contribution in [0.5, 0.6) is 0 Å². The monoisotopic (exact) mass is 420 g/mol. The highest BCUT2D eigenvalue weighted by Crippen LogP contribution is 2.30. The molecule has 0 fully saturated rings. The van der Waals surface area contributed by atoms with E-state index in [1.165, 1.54) is 5.56 Å². The van der Waals surface area contributed by atoms with Gasteiger partial charge in [-0.05, 0) is 61.9 Å². The maximum absolute atomic E-state index is 13.0. The standard InChI is InChI=1S/C21H25ClN2O3S/c1-14-11-12-17(13-19(14)22)24(28(3,26)27)15(2)21(25)23-20-10-6-8-16-7-4-5-9-18(16)20/h4-5,7,9,11-13,15,20H,6,8,10H2,1-3H3,(H,23,25)/t15-,20+/m0/s1. The van der Waals surface area contributed by atoms with Gasteiger partial charge in [-0.1, -0.05) is 41.9 Å². The number of fused-ring (bicyclic) bond motifs is 1. The summed E-state index contributed by atoms with van der Waals surface area (Å²) in [6.45, 7) is 3.44. The van der Waals surface area contributed by atoms with Crippen molar-refractivity contribution in [3.63, 3.8) is 0 Å². The van der Waals surface area contributed by atoms with Crippen LogP contribution in [0.1, 0.15) is 42.5 Å². The molecular weight excluding hydrogens is 396 g/mol. The van der Waals surface area contributed by atoms with Crippen LogP contribution in [-0.2, 0) is 21.2 Å². The van der Waals surface area contributed by atoms with Crippen molar-refractivity contribution < 1.29 is 13.2 Å². The molecule has 1 N–H and O–H groups in total. The van der Waals surface area contributed by atoms with Crippen molar-refractivity contribution in [2.24, 2.45) is 0 Å². The van der Waals surface area contributed by atoms with Crippen LogP contribution in [0.2, 0.25) is 5.02 Å². The Morgan fingerprint density at radius 3 is 2.64 bits per heavy atom. The summed E-state index contributed by atoms with van der Waals surface area (Å²) in [6, 6.07) is 12.1. The highest BCUT2D eigenvalue weighted by molar-refractivity contribution is 7.92. The van der Waals surface area contributed by atoms with Gasteiger partial charge in [0.05, 0.1) is 18.0 Å². The van der Waals surface area contributed by atoms with Gasteiger partial charge < -0.3 is 5.32 Å². The van der Waals surface area contributed by atoms with Gasteiger partial charge >= 0.3 is 0 Å². The Kier molecular flexibility index (Phi) is 6.01. The van der Waals surface area contributed by atoms with E-state index in [4.69, 9.17) is 11.6 Å². The Hall–Kier alpha value is -2.05. The lowest BCUT2D eigenvalue weighted by Crippen LogP contribution is -2.49. The van der Waals surface area contributed by atoms with Crippen molar-refractivity contribution >= 4 is 33.2 Å². The first kappa shape index (κ1) is 20.7.